The Bertz CT molecular complexity index is 330. The van der Waals surface area contributed by atoms with Crippen molar-refractivity contribution in [2.45, 2.75) is 20.8 Å². The Kier molecular flexibility index (Phi) is 3.77. The van der Waals surface area contributed by atoms with Crippen molar-refractivity contribution in [3.05, 3.63) is 17.9 Å². The van der Waals surface area contributed by atoms with Crippen molar-refractivity contribution in [2.75, 3.05) is 11.9 Å². The van der Waals surface area contributed by atoms with E-state index in [4.69, 9.17) is 9.52 Å². The maximum Gasteiger partial charge on any atom is 0.308 e. The number of anilines is 1. The average Bonchev–Trinajstić information content (AvgIpc) is 2.50. The molecule has 2 N–H and O–H groups in total. The quantitative estimate of drug-likeness (QED) is 0.784. The fourth-order valence-corrected chi connectivity index (χ4v) is 1.35. The fourth-order valence-electron chi connectivity index (χ4n) is 1.35. The van der Waals surface area contributed by atoms with Crippen LogP contribution in [0.1, 0.15) is 19.6 Å². The summed E-state index contributed by atoms with van der Waals surface area (Å²) >= 11 is 0. The summed E-state index contributed by atoms with van der Waals surface area (Å²) in [4.78, 5) is 10.9. The second-order valence-corrected chi connectivity index (χ2v) is 3.98. The summed E-state index contributed by atoms with van der Waals surface area (Å²) in [6, 6.07) is 3.64. The van der Waals surface area contributed by atoms with E-state index in [1.807, 2.05) is 26.8 Å². The minimum absolute atomic E-state index is 0.103. The van der Waals surface area contributed by atoms with Crippen LogP contribution in [0.3, 0.4) is 0 Å². The highest BCUT2D eigenvalue weighted by molar-refractivity contribution is 5.71. The first-order valence-electron chi connectivity index (χ1n) is 5.04. The SMILES string of the molecule is Cc1ccc(NCC(C(=O)O)C(C)C)o1. The second-order valence-electron chi connectivity index (χ2n) is 3.98. The Labute approximate surface area is 89.3 Å². The molecule has 0 amide bonds. The number of carbonyl (C=O) groups is 1. The molecule has 0 fully saturated rings. The summed E-state index contributed by atoms with van der Waals surface area (Å²) in [5.74, 6) is 0.371. The van der Waals surface area contributed by atoms with Crippen LogP contribution in [0.4, 0.5) is 5.88 Å². The zero-order valence-electron chi connectivity index (χ0n) is 9.28. The van der Waals surface area contributed by atoms with Crippen LogP contribution >= 0.6 is 0 Å². The van der Waals surface area contributed by atoms with Crippen molar-refractivity contribution >= 4 is 11.9 Å². The largest absolute Gasteiger partial charge is 0.481 e. The highest BCUT2D eigenvalue weighted by Crippen LogP contribution is 2.15. The normalized spacial score (nSPS) is 12.8. The van der Waals surface area contributed by atoms with Gasteiger partial charge in [0.1, 0.15) is 5.76 Å². The van der Waals surface area contributed by atoms with Gasteiger partial charge >= 0.3 is 5.97 Å². The summed E-state index contributed by atoms with van der Waals surface area (Å²) in [5, 5.41) is 11.9. The van der Waals surface area contributed by atoms with Crippen LogP contribution in [-0.2, 0) is 4.79 Å². The molecule has 0 aliphatic heterocycles. The molecule has 1 aromatic heterocycles. The molecule has 0 aromatic carbocycles. The molecule has 0 spiro atoms. The smallest absolute Gasteiger partial charge is 0.308 e. The highest BCUT2D eigenvalue weighted by Gasteiger charge is 2.21. The van der Waals surface area contributed by atoms with Gasteiger partial charge in [-0.3, -0.25) is 4.79 Å². The van der Waals surface area contributed by atoms with E-state index in [1.165, 1.54) is 0 Å². The predicted octanol–water partition coefficient (Wildman–Crippen LogP) is 2.36. The molecule has 4 heteroatoms. The predicted molar refractivity (Wildman–Crippen MR) is 57.9 cm³/mol. The van der Waals surface area contributed by atoms with Crippen molar-refractivity contribution in [1.29, 1.82) is 0 Å². The van der Waals surface area contributed by atoms with Crippen LogP contribution in [0.5, 0.6) is 0 Å². The van der Waals surface area contributed by atoms with Gasteiger partial charge in [0.25, 0.3) is 0 Å². The van der Waals surface area contributed by atoms with Crippen LogP contribution in [0.25, 0.3) is 0 Å². The lowest BCUT2D eigenvalue weighted by Gasteiger charge is -2.16. The first-order valence-corrected chi connectivity index (χ1v) is 5.04. The number of hydrogen-bond acceptors (Lipinski definition) is 3. The molecule has 0 aliphatic carbocycles. The van der Waals surface area contributed by atoms with E-state index in [0.29, 0.717) is 12.4 Å². The average molecular weight is 211 g/mol. The Morgan fingerprint density at radius 3 is 2.60 bits per heavy atom. The van der Waals surface area contributed by atoms with Crippen LogP contribution in [0.2, 0.25) is 0 Å². The second kappa shape index (κ2) is 4.87. The molecule has 84 valence electrons. The molecule has 1 rings (SSSR count). The van der Waals surface area contributed by atoms with E-state index < -0.39 is 11.9 Å². The molecule has 1 unspecified atom stereocenters. The lowest BCUT2D eigenvalue weighted by atomic mass is 9.96. The highest BCUT2D eigenvalue weighted by atomic mass is 16.4. The van der Waals surface area contributed by atoms with Gasteiger partial charge in [-0.1, -0.05) is 13.8 Å². The van der Waals surface area contributed by atoms with Gasteiger partial charge in [-0.2, -0.15) is 0 Å². The van der Waals surface area contributed by atoms with Crippen molar-refractivity contribution in [2.24, 2.45) is 11.8 Å². The van der Waals surface area contributed by atoms with Crippen molar-refractivity contribution < 1.29 is 14.3 Å². The Morgan fingerprint density at radius 2 is 2.20 bits per heavy atom. The molecular formula is C11H17NO3. The van der Waals surface area contributed by atoms with Gasteiger partial charge in [-0.25, -0.2) is 0 Å². The Balaban J connectivity index is 2.50. The number of aryl methyl sites for hydroxylation is 1. The molecule has 1 aromatic rings. The van der Waals surface area contributed by atoms with Gasteiger partial charge < -0.3 is 14.8 Å². The van der Waals surface area contributed by atoms with Gasteiger partial charge in [-0.15, -0.1) is 0 Å². The minimum atomic E-state index is -0.777. The monoisotopic (exact) mass is 211 g/mol. The number of carboxylic acid groups (broad SMARTS) is 1. The molecule has 0 bridgehead atoms. The summed E-state index contributed by atoms with van der Waals surface area (Å²) in [6.45, 7) is 6.03. The molecular weight excluding hydrogens is 194 g/mol. The maximum atomic E-state index is 10.9. The summed E-state index contributed by atoms with van der Waals surface area (Å²) < 4.78 is 5.29. The number of furan rings is 1. The molecule has 15 heavy (non-hydrogen) atoms. The zero-order valence-corrected chi connectivity index (χ0v) is 9.28. The summed E-state index contributed by atoms with van der Waals surface area (Å²) in [5.41, 5.74) is 0. The lowest BCUT2D eigenvalue weighted by molar-refractivity contribution is -0.142. The first kappa shape index (κ1) is 11.6. The van der Waals surface area contributed by atoms with E-state index in [-0.39, 0.29) is 5.92 Å². The van der Waals surface area contributed by atoms with Crippen LogP contribution in [-0.4, -0.2) is 17.6 Å². The van der Waals surface area contributed by atoms with Crippen molar-refractivity contribution in [3.63, 3.8) is 0 Å². The van der Waals surface area contributed by atoms with E-state index >= 15 is 0 Å². The van der Waals surface area contributed by atoms with Gasteiger partial charge in [-0.05, 0) is 18.9 Å². The molecule has 0 saturated carbocycles. The molecule has 1 atom stereocenters. The van der Waals surface area contributed by atoms with Crippen LogP contribution < -0.4 is 5.32 Å². The third-order valence-corrected chi connectivity index (χ3v) is 2.36. The fraction of sp³-hybridized carbons (Fsp3) is 0.545. The molecule has 0 radical (unpaired) electrons. The van der Waals surface area contributed by atoms with E-state index in [9.17, 15) is 4.79 Å². The summed E-state index contributed by atoms with van der Waals surface area (Å²) in [6.07, 6.45) is 0. The number of carboxylic acids is 1. The molecule has 1 heterocycles. The molecule has 0 aliphatic rings. The zero-order chi connectivity index (χ0) is 11.4. The van der Waals surface area contributed by atoms with E-state index in [2.05, 4.69) is 5.32 Å². The van der Waals surface area contributed by atoms with Crippen LogP contribution in [0.15, 0.2) is 16.5 Å². The number of nitrogens with one attached hydrogen (secondary N) is 1. The van der Waals surface area contributed by atoms with Gasteiger partial charge in [0.2, 0.25) is 0 Å². The van der Waals surface area contributed by atoms with Gasteiger partial charge in [0.15, 0.2) is 5.88 Å². The third-order valence-electron chi connectivity index (χ3n) is 2.36. The van der Waals surface area contributed by atoms with Gasteiger partial charge in [0.05, 0.1) is 5.92 Å². The van der Waals surface area contributed by atoms with Crippen molar-refractivity contribution in [1.82, 2.24) is 0 Å². The maximum absolute atomic E-state index is 10.9. The van der Waals surface area contributed by atoms with E-state index in [1.54, 1.807) is 6.07 Å². The molecule has 0 saturated heterocycles. The minimum Gasteiger partial charge on any atom is -0.481 e. The number of aliphatic carboxylic acids is 1. The lowest BCUT2D eigenvalue weighted by Crippen LogP contribution is -2.27. The number of rotatable bonds is 5. The first-order chi connectivity index (χ1) is 7.00. The third kappa shape index (κ3) is 3.31. The molecule has 4 nitrogen and oxygen atoms in total. The Morgan fingerprint density at radius 1 is 1.53 bits per heavy atom. The van der Waals surface area contributed by atoms with Crippen LogP contribution in [0, 0.1) is 18.8 Å². The van der Waals surface area contributed by atoms with E-state index in [0.717, 1.165) is 5.76 Å². The topological polar surface area (TPSA) is 62.5 Å². The van der Waals surface area contributed by atoms with Gasteiger partial charge in [0, 0.05) is 12.6 Å². The number of hydrogen-bond donors (Lipinski definition) is 2. The summed E-state index contributed by atoms with van der Waals surface area (Å²) in [7, 11) is 0. The Hall–Kier alpha value is -1.45. The standard InChI is InChI=1S/C11H17NO3/c1-7(2)9(11(13)14)6-12-10-5-4-8(3)15-10/h4-5,7,9,12H,6H2,1-3H3,(H,13,14). The van der Waals surface area contributed by atoms with Crippen molar-refractivity contribution in [3.8, 4) is 0 Å².